The Kier molecular flexibility index (Phi) is 3.94. The average molecular weight is 338 g/mol. The van der Waals surface area contributed by atoms with Crippen LogP contribution in [0.5, 0.6) is 0 Å². The lowest BCUT2D eigenvalue weighted by molar-refractivity contribution is -0.130. The summed E-state index contributed by atoms with van der Waals surface area (Å²) in [5.41, 5.74) is 1.60. The van der Waals surface area contributed by atoms with Crippen molar-refractivity contribution >= 4 is 33.9 Å². The zero-order valence-electron chi connectivity index (χ0n) is 13.3. The molecule has 1 saturated heterocycles. The summed E-state index contributed by atoms with van der Waals surface area (Å²) in [7, 11) is 0. The van der Waals surface area contributed by atoms with Crippen LogP contribution in [0.4, 0.5) is 0 Å². The van der Waals surface area contributed by atoms with E-state index >= 15 is 0 Å². The predicted octanol–water partition coefficient (Wildman–Crippen LogP) is 3.56. The lowest BCUT2D eigenvalue weighted by Crippen LogP contribution is -2.30. The Labute approximate surface area is 144 Å². The van der Waals surface area contributed by atoms with Crippen LogP contribution in [-0.2, 0) is 11.3 Å². The number of nitrogens with zero attached hydrogens (tertiary/aromatic N) is 2. The molecule has 0 unspecified atom stereocenters. The van der Waals surface area contributed by atoms with E-state index in [9.17, 15) is 9.59 Å². The standard InChI is InChI=1S/C19H18N2O2S/c22-18(20-9-3-4-10-20)13-21-12-15(14-6-1-2-7-16(14)21)19(23)17-8-5-11-24-17/h1-2,5-8,11-12H,3-4,9-10,13H2. The van der Waals surface area contributed by atoms with Gasteiger partial charge in [-0.15, -0.1) is 11.3 Å². The van der Waals surface area contributed by atoms with E-state index in [1.54, 1.807) is 0 Å². The molecule has 2 aromatic heterocycles. The van der Waals surface area contributed by atoms with Crippen molar-refractivity contribution < 1.29 is 9.59 Å². The fraction of sp³-hybridized carbons (Fsp3) is 0.263. The van der Waals surface area contributed by atoms with E-state index in [0.717, 1.165) is 41.7 Å². The molecule has 0 atom stereocenters. The normalized spacial score (nSPS) is 14.4. The Morgan fingerprint density at radius 2 is 1.83 bits per heavy atom. The van der Waals surface area contributed by atoms with Gasteiger partial charge in [0.05, 0.1) is 4.88 Å². The van der Waals surface area contributed by atoms with Crippen molar-refractivity contribution in [2.24, 2.45) is 0 Å². The van der Waals surface area contributed by atoms with Gasteiger partial charge >= 0.3 is 0 Å². The maximum absolute atomic E-state index is 12.8. The largest absolute Gasteiger partial charge is 0.341 e. The van der Waals surface area contributed by atoms with Crippen LogP contribution < -0.4 is 0 Å². The highest BCUT2D eigenvalue weighted by molar-refractivity contribution is 7.12. The van der Waals surface area contributed by atoms with Gasteiger partial charge in [-0.25, -0.2) is 0 Å². The first-order valence-corrected chi connectivity index (χ1v) is 9.06. The van der Waals surface area contributed by atoms with Gasteiger partial charge in [0, 0.05) is 35.8 Å². The zero-order valence-corrected chi connectivity index (χ0v) is 14.1. The third kappa shape index (κ3) is 2.65. The minimum absolute atomic E-state index is 0.0218. The summed E-state index contributed by atoms with van der Waals surface area (Å²) in [6.07, 6.45) is 4.00. The van der Waals surface area contributed by atoms with E-state index in [-0.39, 0.29) is 18.2 Å². The third-order valence-electron chi connectivity index (χ3n) is 4.54. The van der Waals surface area contributed by atoms with E-state index < -0.39 is 0 Å². The number of thiophene rings is 1. The molecule has 5 heteroatoms. The van der Waals surface area contributed by atoms with Gasteiger partial charge in [0.15, 0.2) is 0 Å². The predicted molar refractivity (Wildman–Crippen MR) is 95.5 cm³/mol. The molecule has 4 rings (SSSR count). The van der Waals surface area contributed by atoms with Crippen molar-refractivity contribution in [3.63, 3.8) is 0 Å². The van der Waals surface area contributed by atoms with Crippen LogP contribution in [-0.4, -0.2) is 34.2 Å². The number of aromatic nitrogens is 1. The smallest absolute Gasteiger partial charge is 0.242 e. The highest BCUT2D eigenvalue weighted by atomic mass is 32.1. The Bertz CT molecular complexity index is 889. The SMILES string of the molecule is O=C(c1cccs1)c1cn(CC(=O)N2CCCC2)c2ccccc12. The van der Waals surface area contributed by atoms with Crippen molar-refractivity contribution in [2.75, 3.05) is 13.1 Å². The number of carbonyl (C=O) groups is 2. The number of amides is 1. The molecular weight excluding hydrogens is 320 g/mol. The van der Waals surface area contributed by atoms with Crippen LogP contribution in [0.3, 0.4) is 0 Å². The van der Waals surface area contributed by atoms with Crippen LogP contribution in [0.15, 0.2) is 48.0 Å². The van der Waals surface area contributed by atoms with Crippen molar-refractivity contribution in [1.29, 1.82) is 0 Å². The van der Waals surface area contributed by atoms with Crippen molar-refractivity contribution in [3.8, 4) is 0 Å². The molecule has 1 fully saturated rings. The van der Waals surface area contributed by atoms with Gasteiger partial charge in [0.2, 0.25) is 11.7 Å². The second-order valence-corrected chi connectivity index (χ2v) is 7.03. The number of hydrogen-bond acceptors (Lipinski definition) is 3. The maximum Gasteiger partial charge on any atom is 0.242 e. The molecule has 0 radical (unpaired) electrons. The third-order valence-corrected chi connectivity index (χ3v) is 5.41. The molecule has 0 saturated carbocycles. The van der Waals surface area contributed by atoms with Gasteiger partial charge in [-0.2, -0.15) is 0 Å². The second-order valence-electron chi connectivity index (χ2n) is 6.08. The molecule has 4 nitrogen and oxygen atoms in total. The fourth-order valence-corrected chi connectivity index (χ4v) is 3.99. The molecule has 1 aliphatic heterocycles. The molecule has 0 aliphatic carbocycles. The lowest BCUT2D eigenvalue weighted by Gasteiger charge is -2.15. The number of hydrogen-bond donors (Lipinski definition) is 0. The summed E-state index contributed by atoms with van der Waals surface area (Å²) in [6, 6.07) is 11.5. The van der Waals surface area contributed by atoms with Crippen LogP contribution in [0.2, 0.25) is 0 Å². The van der Waals surface area contributed by atoms with Crippen molar-refractivity contribution in [1.82, 2.24) is 9.47 Å². The summed E-state index contributed by atoms with van der Waals surface area (Å²) in [5.74, 6) is 0.150. The van der Waals surface area contributed by atoms with E-state index in [0.29, 0.717) is 5.56 Å². The van der Waals surface area contributed by atoms with Crippen LogP contribution in [0.25, 0.3) is 10.9 Å². The topological polar surface area (TPSA) is 42.3 Å². The van der Waals surface area contributed by atoms with Gasteiger partial charge in [0.1, 0.15) is 6.54 Å². The van der Waals surface area contributed by atoms with Gasteiger partial charge < -0.3 is 9.47 Å². The van der Waals surface area contributed by atoms with Gasteiger partial charge in [-0.05, 0) is 30.4 Å². The maximum atomic E-state index is 12.8. The Hall–Kier alpha value is -2.40. The van der Waals surface area contributed by atoms with E-state index in [1.165, 1.54) is 11.3 Å². The quantitative estimate of drug-likeness (QED) is 0.683. The number of rotatable bonds is 4. The van der Waals surface area contributed by atoms with Gasteiger partial charge in [-0.1, -0.05) is 24.3 Å². The highest BCUT2D eigenvalue weighted by Gasteiger charge is 2.21. The average Bonchev–Trinajstić information content (AvgIpc) is 3.35. The first-order chi connectivity index (χ1) is 11.7. The van der Waals surface area contributed by atoms with E-state index in [4.69, 9.17) is 0 Å². The number of likely N-dealkylation sites (tertiary alicyclic amines) is 1. The molecule has 24 heavy (non-hydrogen) atoms. The summed E-state index contributed by atoms with van der Waals surface area (Å²) in [5, 5.41) is 2.81. The number of carbonyl (C=O) groups excluding carboxylic acids is 2. The molecule has 3 aromatic rings. The second kappa shape index (κ2) is 6.24. The van der Waals surface area contributed by atoms with Crippen molar-refractivity contribution in [3.05, 3.63) is 58.4 Å². The molecule has 0 N–H and O–H groups in total. The van der Waals surface area contributed by atoms with Gasteiger partial charge in [-0.3, -0.25) is 9.59 Å². The van der Waals surface area contributed by atoms with Crippen molar-refractivity contribution in [2.45, 2.75) is 19.4 Å². The number of ketones is 1. The van der Waals surface area contributed by atoms with Crippen LogP contribution >= 0.6 is 11.3 Å². The summed E-state index contributed by atoms with van der Waals surface area (Å²) >= 11 is 1.44. The molecule has 3 heterocycles. The molecular formula is C19H18N2O2S. The van der Waals surface area contributed by atoms with Crippen LogP contribution in [0, 0.1) is 0 Å². The fourth-order valence-electron chi connectivity index (χ4n) is 3.31. The van der Waals surface area contributed by atoms with E-state index in [1.807, 2.05) is 57.4 Å². The Balaban J connectivity index is 1.71. The molecule has 1 amide bonds. The Morgan fingerprint density at radius 1 is 1.04 bits per heavy atom. The molecule has 122 valence electrons. The number of fused-ring (bicyclic) bond motifs is 1. The number of para-hydroxylation sites is 1. The van der Waals surface area contributed by atoms with E-state index in [2.05, 4.69) is 0 Å². The monoisotopic (exact) mass is 338 g/mol. The molecule has 1 aliphatic rings. The zero-order chi connectivity index (χ0) is 16.5. The lowest BCUT2D eigenvalue weighted by atomic mass is 10.1. The molecule has 0 bridgehead atoms. The first kappa shape index (κ1) is 15.1. The molecule has 1 aromatic carbocycles. The van der Waals surface area contributed by atoms with Crippen LogP contribution in [0.1, 0.15) is 28.1 Å². The summed E-state index contributed by atoms with van der Waals surface area (Å²) in [4.78, 5) is 27.9. The Morgan fingerprint density at radius 3 is 2.58 bits per heavy atom. The minimum atomic E-state index is 0.0218. The minimum Gasteiger partial charge on any atom is -0.341 e. The van der Waals surface area contributed by atoms with Gasteiger partial charge in [0.25, 0.3) is 0 Å². The highest BCUT2D eigenvalue weighted by Crippen LogP contribution is 2.25. The molecule has 0 spiro atoms. The first-order valence-electron chi connectivity index (χ1n) is 8.18. The summed E-state index contributed by atoms with van der Waals surface area (Å²) < 4.78 is 1.91. The number of benzene rings is 1. The summed E-state index contributed by atoms with van der Waals surface area (Å²) in [6.45, 7) is 1.98.